The van der Waals surface area contributed by atoms with Gasteiger partial charge in [0.05, 0.1) is 0 Å². The van der Waals surface area contributed by atoms with Crippen LogP contribution in [0, 0.1) is 5.92 Å². The van der Waals surface area contributed by atoms with E-state index >= 15 is 0 Å². The van der Waals surface area contributed by atoms with E-state index in [4.69, 9.17) is 16.7 Å². The fraction of sp³-hybridized carbons (Fsp3) is 0.700. The number of halogens is 1. The zero-order valence-corrected chi connectivity index (χ0v) is 8.91. The number of carboxylic acids is 1. The van der Waals surface area contributed by atoms with Crippen molar-refractivity contribution in [3.63, 3.8) is 0 Å². The quantitative estimate of drug-likeness (QED) is 0.765. The van der Waals surface area contributed by atoms with Gasteiger partial charge >= 0.3 is 5.97 Å². The molecule has 3 nitrogen and oxygen atoms in total. The summed E-state index contributed by atoms with van der Waals surface area (Å²) in [5, 5.41) is 8.54. The van der Waals surface area contributed by atoms with Crippen LogP contribution in [0.3, 0.4) is 0 Å². The van der Waals surface area contributed by atoms with Crippen molar-refractivity contribution in [3.05, 3.63) is 11.6 Å². The second-order valence-corrected chi connectivity index (χ2v) is 3.96. The van der Waals surface area contributed by atoms with Crippen molar-refractivity contribution >= 4 is 17.6 Å². The molecule has 0 aromatic rings. The Bertz CT molecular complexity index is 218. The number of nitrogens with zero attached hydrogens (tertiary/aromatic N) is 1. The molecule has 1 saturated heterocycles. The lowest BCUT2D eigenvalue weighted by atomic mass is 10.0. The second-order valence-electron chi connectivity index (χ2n) is 3.71. The highest BCUT2D eigenvalue weighted by atomic mass is 35.5. The maximum Gasteiger partial charge on any atom is 0.303 e. The largest absolute Gasteiger partial charge is 0.481 e. The van der Waals surface area contributed by atoms with Gasteiger partial charge in [0.15, 0.2) is 0 Å². The van der Waals surface area contributed by atoms with Crippen LogP contribution in [0.25, 0.3) is 0 Å². The Morgan fingerprint density at radius 1 is 1.64 bits per heavy atom. The molecule has 0 aromatic carbocycles. The number of rotatable bonds is 5. The van der Waals surface area contributed by atoms with Crippen LogP contribution in [0.1, 0.15) is 19.3 Å². The highest BCUT2D eigenvalue weighted by molar-refractivity contribution is 6.25. The van der Waals surface area contributed by atoms with Crippen LogP contribution in [0.2, 0.25) is 0 Å². The van der Waals surface area contributed by atoms with Crippen LogP contribution in [0.5, 0.6) is 0 Å². The van der Waals surface area contributed by atoms with Gasteiger partial charge in [-0.1, -0.05) is 17.7 Å². The van der Waals surface area contributed by atoms with Crippen LogP contribution in [0.4, 0.5) is 0 Å². The molecule has 0 bridgehead atoms. The summed E-state index contributed by atoms with van der Waals surface area (Å²) in [6, 6.07) is 0. The summed E-state index contributed by atoms with van der Waals surface area (Å²) in [6.45, 7) is 2.95. The molecule has 0 radical (unpaired) electrons. The van der Waals surface area contributed by atoms with E-state index in [1.807, 2.05) is 6.08 Å². The molecule has 1 N–H and O–H groups in total. The molecular weight excluding hydrogens is 202 g/mol. The molecule has 1 aliphatic rings. The summed E-state index contributed by atoms with van der Waals surface area (Å²) >= 11 is 5.43. The van der Waals surface area contributed by atoms with Gasteiger partial charge in [0.1, 0.15) is 0 Å². The molecule has 1 heterocycles. The van der Waals surface area contributed by atoms with Crippen molar-refractivity contribution in [2.45, 2.75) is 19.3 Å². The lowest BCUT2D eigenvalue weighted by Crippen LogP contribution is -2.20. The topological polar surface area (TPSA) is 40.5 Å². The fourth-order valence-electron chi connectivity index (χ4n) is 1.83. The first kappa shape index (κ1) is 11.5. The molecule has 1 atom stereocenters. The minimum atomic E-state index is -0.691. The van der Waals surface area contributed by atoms with Gasteiger partial charge in [-0.2, -0.15) is 0 Å². The van der Waals surface area contributed by atoms with Crippen molar-refractivity contribution in [2.75, 3.05) is 19.6 Å². The van der Waals surface area contributed by atoms with E-state index in [2.05, 4.69) is 4.90 Å². The fourth-order valence-corrected chi connectivity index (χ4v) is 1.91. The minimum absolute atomic E-state index is 0.295. The lowest BCUT2D eigenvalue weighted by Gasteiger charge is -2.12. The molecular formula is C10H16ClNO2. The van der Waals surface area contributed by atoms with Crippen LogP contribution in [-0.2, 0) is 4.79 Å². The van der Waals surface area contributed by atoms with Gasteiger partial charge in [0, 0.05) is 25.0 Å². The third-order valence-electron chi connectivity index (χ3n) is 2.59. The molecule has 1 fully saturated rings. The predicted octanol–water partition coefficient (Wildman–Crippen LogP) is 1.93. The third-order valence-corrected chi connectivity index (χ3v) is 2.77. The Kier molecular flexibility index (Phi) is 4.98. The number of hydrogen-bond donors (Lipinski definition) is 1. The van der Waals surface area contributed by atoms with E-state index in [1.165, 1.54) is 5.54 Å². The minimum Gasteiger partial charge on any atom is -0.481 e. The zero-order chi connectivity index (χ0) is 10.4. The average Bonchev–Trinajstić information content (AvgIpc) is 2.59. The Morgan fingerprint density at radius 3 is 3.07 bits per heavy atom. The third kappa shape index (κ3) is 4.11. The van der Waals surface area contributed by atoms with Crippen LogP contribution >= 0.6 is 11.6 Å². The molecule has 80 valence electrons. The zero-order valence-electron chi connectivity index (χ0n) is 8.16. The van der Waals surface area contributed by atoms with Crippen molar-refractivity contribution in [2.24, 2.45) is 5.92 Å². The van der Waals surface area contributed by atoms with Gasteiger partial charge in [-0.25, -0.2) is 0 Å². The maximum absolute atomic E-state index is 10.4. The van der Waals surface area contributed by atoms with Crippen LogP contribution in [0.15, 0.2) is 11.6 Å². The summed E-state index contributed by atoms with van der Waals surface area (Å²) in [5.74, 6) is -0.140. The summed E-state index contributed by atoms with van der Waals surface area (Å²) in [5.41, 5.74) is 1.53. The van der Waals surface area contributed by atoms with E-state index in [1.54, 1.807) is 0 Å². The van der Waals surface area contributed by atoms with Gasteiger partial charge in [-0.3, -0.25) is 9.69 Å². The summed E-state index contributed by atoms with van der Waals surface area (Å²) in [4.78, 5) is 12.7. The molecule has 0 saturated carbocycles. The summed E-state index contributed by atoms with van der Waals surface area (Å²) in [7, 11) is 0. The van der Waals surface area contributed by atoms with Crippen molar-refractivity contribution in [1.29, 1.82) is 0 Å². The first-order valence-electron chi connectivity index (χ1n) is 4.91. The Balaban J connectivity index is 2.17. The van der Waals surface area contributed by atoms with Crippen molar-refractivity contribution in [1.82, 2.24) is 4.90 Å². The number of carbonyl (C=O) groups is 1. The van der Waals surface area contributed by atoms with Gasteiger partial charge in [-0.15, -0.1) is 0 Å². The molecule has 1 rings (SSSR count). The molecule has 0 aromatic heterocycles. The molecule has 0 amide bonds. The Labute approximate surface area is 89.3 Å². The SMILES string of the molecule is O=C(O)CCC1CCN(C/C=C/Cl)C1. The molecule has 14 heavy (non-hydrogen) atoms. The highest BCUT2D eigenvalue weighted by Gasteiger charge is 2.21. The van der Waals surface area contributed by atoms with E-state index < -0.39 is 5.97 Å². The Hall–Kier alpha value is -0.540. The van der Waals surface area contributed by atoms with Gasteiger partial charge < -0.3 is 5.11 Å². The summed E-state index contributed by atoms with van der Waals surface area (Å²) in [6.07, 6.45) is 4.13. The van der Waals surface area contributed by atoms with E-state index in [0.29, 0.717) is 12.3 Å². The molecule has 0 spiro atoms. The van der Waals surface area contributed by atoms with Gasteiger partial charge in [0.25, 0.3) is 0 Å². The summed E-state index contributed by atoms with van der Waals surface area (Å²) < 4.78 is 0. The van der Waals surface area contributed by atoms with E-state index in [0.717, 1.165) is 32.5 Å². The molecule has 4 heteroatoms. The molecule has 1 unspecified atom stereocenters. The first-order chi connectivity index (χ1) is 6.72. The smallest absolute Gasteiger partial charge is 0.303 e. The normalized spacial score (nSPS) is 23.4. The molecule has 1 aliphatic heterocycles. The first-order valence-corrected chi connectivity index (χ1v) is 5.35. The highest BCUT2D eigenvalue weighted by Crippen LogP contribution is 2.20. The van der Waals surface area contributed by atoms with Crippen LogP contribution in [-0.4, -0.2) is 35.6 Å². The predicted molar refractivity (Wildman–Crippen MR) is 56.4 cm³/mol. The van der Waals surface area contributed by atoms with E-state index in [9.17, 15) is 4.79 Å². The van der Waals surface area contributed by atoms with Gasteiger partial charge in [-0.05, 0) is 25.3 Å². The number of aliphatic carboxylic acids is 1. The van der Waals surface area contributed by atoms with Gasteiger partial charge in [0.2, 0.25) is 0 Å². The van der Waals surface area contributed by atoms with E-state index in [-0.39, 0.29) is 0 Å². The Morgan fingerprint density at radius 2 is 2.43 bits per heavy atom. The van der Waals surface area contributed by atoms with Crippen molar-refractivity contribution < 1.29 is 9.90 Å². The van der Waals surface area contributed by atoms with Crippen molar-refractivity contribution in [3.8, 4) is 0 Å². The molecule has 0 aliphatic carbocycles. The van der Waals surface area contributed by atoms with Crippen LogP contribution < -0.4 is 0 Å². The number of hydrogen-bond acceptors (Lipinski definition) is 2. The standard InChI is InChI=1S/C10H16ClNO2/c11-5-1-6-12-7-4-9(8-12)2-3-10(13)14/h1,5,9H,2-4,6-8H2,(H,13,14)/b5-1+. The monoisotopic (exact) mass is 217 g/mol. The average molecular weight is 218 g/mol. The maximum atomic E-state index is 10.4. The second kappa shape index (κ2) is 6.04. The lowest BCUT2D eigenvalue weighted by molar-refractivity contribution is -0.137. The number of carboxylic acid groups (broad SMARTS) is 1. The number of likely N-dealkylation sites (tertiary alicyclic amines) is 1.